The van der Waals surface area contributed by atoms with Crippen molar-refractivity contribution in [1.29, 1.82) is 0 Å². The molecule has 9 heteroatoms. The smallest absolute Gasteiger partial charge is 0.324 e. The number of fused-ring (bicyclic) bond motifs is 3. The van der Waals surface area contributed by atoms with E-state index in [0.717, 1.165) is 25.5 Å². The molecule has 0 aliphatic heterocycles. The number of nitrogens with zero attached hydrogens (tertiary/aromatic N) is 2. The number of halogens is 3. The van der Waals surface area contributed by atoms with Gasteiger partial charge in [-0.3, -0.25) is 9.59 Å². The Bertz CT molecular complexity index is 1340. The molecule has 1 amide bonds. The highest BCUT2D eigenvalue weighted by molar-refractivity contribution is 7.26. The number of nitrogens with one attached hydrogen (secondary N) is 1. The third-order valence-electron chi connectivity index (χ3n) is 4.84. The number of hydrogen-bond donors (Lipinski definition) is 1. The highest BCUT2D eigenvalue weighted by Gasteiger charge is 2.34. The second-order valence-corrected chi connectivity index (χ2v) is 7.90. The van der Waals surface area contributed by atoms with Crippen LogP contribution in [0.1, 0.15) is 24.2 Å². The average Bonchev–Trinajstić information content (AvgIpc) is 3.10. The predicted octanol–water partition coefficient (Wildman–Crippen LogP) is 5.14. The van der Waals surface area contributed by atoms with E-state index >= 15 is 0 Å². The Hall–Kier alpha value is -3.20. The second-order valence-electron chi connectivity index (χ2n) is 6.85. The molecule has 0 unspecified atom stereocenters. The van der Waals surface area contributed by atoms with E-state index in [1.54, 1.807) is 6.92 Å². The lowest BCUT2D eigenvalue weighted by Crippen LogP contribution is -2.34. The van der Waals surface area contributed by atoms with E-state index in [1.807, 2.05) is 24.3 Å². The van der Waals surface area contributed by atoms with Crippen LogP contribution in [0.4, 0.5) is 18.9 Å². The third-order valence-corrected chi connectivity index (χ3v) is 6.12. The van der Waals surface area contributed by atoms with Gasteiger partial charge in [0.25, 0.3) is 5.56 Å². The van der Waals surface area contributed by atoms with Gasteiger partial charge >= 0.3 is 6.18 Å². The molecular formula is C21H16F3N3O2S. The maximum Gasteiger partial charge on any atom is 0.418 e. The zero-order valence-electron chi connectivity index (χ0n) is 15.9. The van der Waals surface area contributed by atoms with E-state index in [2.05, 4.69) is 10.4 Å². The number of anilines is 1. The molecule has 2 aromatic heterocycles. The number of amides is 1. The summed E-state index contributed by atoms with van der Waals surface area (Å²) in [6.07, 6.45) is -4.62. The fourth-order valence-corrected chi connectivity index (χ4v) is 4.46. The van der Waals surface area contributed by atoms with Crippen LogP contribution >= 0.6 is 11.3 Å². The van der Waals surface area contributed by atoms with Crippen molar-refractivity contribution in [3.05, 3.63) is 70.1 Å². The molecule has 1 atom stereocenters. The van der Waals surface area contributed by atoms with Crippen LogP contribution in [-0.4, -0.2) is 15.7 Å². The molecule has 0 spiro atoms. The zero-order valence-corrected chi connectivity index (χ0v) is 16.8. The summed E-state index contributed by atoms with van der Waals surface area (Å²) in [5.41, 5.74) is -1.21. The molecule has 0 radical (unpaired) electrons. The van der Waals surface area contributed by atoms with Crippen molar-refractivity contribution in [3.63, 3.8) is 0 Å². The quantitative estimate of drug-likeness (QED) is 0.489. The standard InChI is InChI=1S/C21H16F3N3O2S/c1-11-18-17(13-7-3-6-10-16(13)30-18)20(29)27(26-11)12(2)19(28)25-15-9-5-4-8-14(15)21(22,23)24/h3-10,12H,1-2H3,(H,25,28)/t12-/m1/s1. The molecule has 0 aliphatic carbocycles. The lowest BCUT2D eigenvalue weighted by molar-refractivity contribution is -0.137. The van der Waals surface area contributed by atoms with Gasteiger partial charge in [0.2, 0.25) is 5.91 Å². The lowest BCUT2D eigenvalue weighted by atomic mass is 10.1. The Labute approximate surface area is 172 Å². The number of carbonyl (C=O) groups excluding carboxylic acids is 1. The Morgan fingerprint density at radius 2 is 1.80 bits per heavy atom. The first-order valence-electron chi connectivity index (χ1n) is 9.06. The average molecular weight is 431 g/mol. The van der Waals surface area contributed by atoms with Gasteiger partial charge < -0.3 is 5.32 Å². The van der Waals surface area contributed by atoms with Crippen molar-refractivity contribution in [2.75, 3.05) is 5.32 Å². The van der Waals surface area contributed by atoms with Crippen LogP contribution in [0.5, 0.6) is 0 Å². The van der Waals surface area contributed by atoms with Gasteiger partial charge in [0.1, 0.15) is 6.04 Å². The molecule has 0 aliphatic rings. The summed E-state index contributed by atoms with van der Waals surface area (Å²) in [6, 6.07) is 11.0. The van der Waals surface area contributed by atoms with Gasteiger partial charge in [-0.2, -0.15) is 18.3 Å². The topological polar surface area (TPSA) is 64.0 Å². The molecule has 2 heterocycles. The van der Waals surface area contributed by atoms with Gasteiger partial charge in [0.15, 0.2) is 0 Å². The molecule has 4 aromatic rings. The molecule has 1 N–H and O–H groups in total. The first-order valence-corrected chi connectivity index (χ1v) is 9.88. The summed E-state index contributed by atoms with van der Waals surface area (Å²) in [5.74, 6) is -0.764. The first kappa shape index (κ1) is 20.1. The summed E-state index contributed by atoms with van der Waals surface area (Å²) >= 11 is 1.44. The summed E-state index contributed by atoms with van der Waals surface area (Å²) < 4.78 is 42.3. The fraction of sp³-hybridized carbons (Fsp3) is 0.190. The molecule has 0 bridgehead atoms. The van der Waals surface area contributed by atoms with Crippen LogP contribution in [0.15, 0.2) is 53.3 Å². The van der Waals surface area contributed by atoms with Crippen LogP contribution in [0.25, 0.3) is 20.2 Å². The molecule has 4 rings (SSSR count). The van der Waals surface area contributed by atoms with Crippen molar-refractivity contribution < 1.29 is 18.0 Å². The lowest BCUT2D eigenvalue weighted by Gasteiger charge is -2.17. The van der Waals surface area contributed by atoms with Crippen LogP contribution in [0.3, 0.4) is 0 Å². The van der Waals surface area contributed by atoms with E-state index in [0.29, 0.717) is 11.1 Å². The SMILES string of the molecule is Cc1nn([C@H](C)C(=O)Nc2ccccc2C(F)(F)F)c(=O)c2c1sc1ccccc12. The van der Waals surface area contributed by atoms with Crippen molar-refractivity contribution in [3.8, 4) is 0 Å². The van der Waals surface area contributed by atoms with Crippen molar-refractivity contribution in [2.24, 2.45) is 0 Å². The van der Waals surface area contributed by atoms with E-state index in [1.165, 1.54) is 36.5 Å². The Morgan fingerprint density at radius 1 is 1.13 bits per heavy atom. The van der Waals surface area contributed by atoms with Crippen molar-refractivity contribution >= 4 is 43.1 Å². The Balaban J connectivity index is 1.76. The highest BCUT2D eigenvalue weighted by Crippen LogP contribution is 2.35. The molecule has 5 nitrogen and oxygen atoms in total. The first-order chi connectivity index (χ1) is 14.2. The Morgan fingerprint density at radius 3 is 2.53 bits per heavy atom. The van der Waals surface area contributed by atoms with Gasteiger partial charge in [0, 0.05) is 10.1 Å². The number of aromatic nitrogens is 2. The number of alkyl halides is 3. The van der Waals surface area contributed by atoms with Crippen molar-refractivity contribution in [2.45, 2.75) is 26.1 Å². The van der Waals surface area contributed by atoms with E-state index in [-0.39, 0.29) is 5.69 Å². The number of carbonyl (C=O) groups is 1. The molecule has 30 heavy (non-hydrogen) atoms. The summed E-state index contributed by atoms with van der Waals surface area (Å²) in [6.45, 7) is 3.16. The molecule has 2 aromatic carbocycles. The normalized spacial score (nSPS) is 13.0. The van der Waals surface area contributed by atoms with E-state index in [4.69, 9.17) is 0 Å². The number of rotatable bonds is 3. The van der Waals surface area contributed by atoms with Crippen LogP contribution < -0.4 is 10.9 Å². The number of benzene rings is 2. The van der Waals surface area contributed by atoms with Gasteiger partial charge in [-0.15, -0.1) is 11.3 Å². The molecule has 0 saturated heterocycles. The molecule has 0 saturated carbocycles. The maximum absolute atomic E-state index is 13.2. The Kier molecular flexibility index (Phi) is 4.85. The van der Waals surface area contributed by atoms with Gasteiger partial charge in [-0.25, -0.2) is 4.68 Å². The van der Waals surface area contributed by atoms with E-state index < -0.39 is 29.2 Å². The van der Waals surface area contributed by atoms with Crippen LogP contribution in [0, 0.1) is 6.92 Å². The molecule has 154 valence electrons. The van der Waals surface area contributed by atoms with Crippen LogP contribution in [0.2, 0.25) is 0 Å². The number of aryl methyl sites for hydroxylation is 1. The fourth-order valence-electron chi connectivity index (χ4n) is 3.33. The minimum absolute atomic E-state index is 0.367. The number of thiophene rings is 1. The predicted molar refractivity (Wildman–Crippen MR) is 111 cm³/mol. The van der Waals surface area contributed by atoms with E-state index in [9.17, 15) is 22.8 Å². The minimum Gasteiger partial charge on any atom is -0.324 e. The van der Waals surface area contributed by atoms with Gasteiger partial charge in [-0.05, 0) is 32.0 Å². The highest BCUT2D eigenvalue weighted by atomic mass is 32.1. The van der Waals surface area contributed by atoms with Crippen molar-refractivity contribution in [1.82, 2.24) is 9.78 Å². The molecule has 0 fully saturated rings. The minimum atomic E-state index is -4.62. The van der Waals surface area contributed by atoms with Crippen LogP contribution in [-0.2, 0) is 11.0 Å². The summed E-state index contributed by atoms with van der Waals surface area (Å²) in [5, 5.41) is 7.76. The third kappa shape index (κ3) is 3.35. The number of para-hydroxylation sites is 1. The monoisotopic (exact) mass is 431 g/mol. The number of hydrogen-bond acceptors (Lipinski definition) is 4. The maximum atomic E-state index is 13.2. The van der Waals surface area contributed by atoms with Gasteiger partial charge in [-0.1, -0.05) is 30.3 Å². The molecular weight excluding hydrogens is 415 g/mol. The second kappa shape index (κ2) is 7.24. The van der Waals surface area contributed by atoms with Gasteiger partial charge in [0.05, 0.1) is 27.0 Å². The summed E-state index contributed by atoms with van der Waals surface area (Å²) in [4.78, 5) is 25.8. The zero-order chi connectivity index (χ0) is 21.6. The summed E-state index contributed by atoms with van der Waals surface area (Å²) in [7, 11) is 0. The largest absolute Gasteiger partial charge is 0.418 e.